The van der Waals surface area contributed by atoms with Gasteiger partial charge in [-0.3, -0.25) is 14.5 Å². The number of amides is 3. The van der Waals surface area contributed by atoms with Crippen LogP contribution in [0.4, 0.5) is 10.5 Å². The van der Waals surface area contributed by atoms with E-state index in [4.69, 9.17) is 9.47 Å². The number of anilines is 1. The lowest BCUT2D eigenvalue weighted by molar-refractivity contribution is -0.146. The van der Waals surface area contributed by atoms with Crippen molar-refractivity contribution in [3.8, 4) is 0 Å². The minimum Gasteiger partial charge on any atom is -0.464 e. The molecule has 0 spiro atoms. The normalized spacial score (nSPS) is 15.8. The lowest BCUT2D eigenvalue weighted by Gasteiger charge is -2.28. The van der Waals surface area contributed by atoms with E-state index in [1.165, 1.54) is 4.90 Å². The zero-order valence-corrected chi connectivity index (χ0v) is 21.6. The number of para-hydroxylation sites is 1. The van der Waals surface area contributed by atoms with E-state index >= 15 is 0 Å². The molecule has 9 heteroatoms. The van der Waals surface area contributed by atoms with Crippen LogP contribution in [0.25, 0.3) is 0 Å². The minimum absolute atomic E-state index is 0.167. The summed E-state index contributed by atoms with van der Waals surface area (Å²) in [5.74, 6) is -1.80. The Kier molecular flexibility index (Phi) is 10.1. The first kappa shape index (κ1) is 27.7. The molecular formula is C28H35N3O6. The molecule has 9 nitrogen and oxygen atoms in total. The van der Waals surface area contributed by atoms with Gasteiger partial charge in [0.2, 0.25) is 11.8 Å². The molecule has 3 atom stereocenters. The first-order valence-electron chi connectivity index (χ1n) is 12.6. The minimum atomic E-state index is -0.704. The number of carbonyl (C=O) groups excluding carboxylic acids is 4. The maximum absolute atomic E-state index is 13.4. The summed E-state index contributed by atoms with van der Waals surface area (Å²) in [4.78, 5) is 51.9. The standard InChI is InChI=1S/C28H35N3O6/c1-4-36-27(34)24-17-22-12-8-9-13-23(22)31(24)26(33)20(3)16-19(2)25(32)29-14-15-30-28(35)37-18-21-10-6-5-7-11-21/h5-13,19-20,24H,4,14-18H2,1-3H3,(H,29,32)(H,30,35)/t19-,20-,24+/m1/s1. The first-order valence-corrected chi connectivity index (χ1v) is 12.6. The Morgan fingerprint density at radius 3 is 2.32 bits per heavy atom. The van der Waals surface area contributed by atoms with Gasteiger partial charge in [-0.15, -0.1) is 0 Å². The van der Waals surface area contributed by atoms with E-state index < -0.39 is 29.9 Å². The van der Waals surface area contributed by atoms with Gasteiger partial charge in [-0.05, 0) is 30.5 Å². The van der Waals surface area contributed by atoms with Crippen molar-refractivity contribution in [2.24, 2.45) is 11.8 Å². The van der Waals surface area contributed by atoms with Crippen molar-refractivity contribution < 1.29 is 28.7 Å². The Bertz CT molecular complexity index is 1090. The van der Waals surface area contributed by atoms with Crippen molar-refractivity contribution in [3.63, 3.8) is 0 Å². The Hall–Kier alpha value is -3.88. The lowest BCUT2D eigenvalue weighted by Crippen LogP contribution is -2.46. The summed E-state index contributed by atoms with van der Waals surface area (Å²) in [5, 5.41) is 5.37. The number of fused-ring (bicyclic) bond motifs is 1. The van der Waals surface area contributed by atoms with Gasteiger partial charge in [-0.25, -0.2) is 9.59 Å². The Morgan fingerprint density at radius 2 is 1.59 bits per heavy atom. The van der Waals surface area contributed by atoms with Crippen molar-refractivity contribution in [1.29, 1.82) is 0 Å². The monoisotopic (exact) mass is 509 g/mol. The average Bonchev–Trinajstić information content (AvgIpc) is 3.29. The second-order valence-electron chi connectivity index (χ2n) is 9.13. The summed E-state index contributed by atoms with van der Waals surface area (Å²) < 4.78 is 10.3. The first-order chi connectivity index (χ1) is 17.8. The van der Waals surface area contributed by atoms with E-state index in [2.05, 4.69) is 10.6 Å². The second-order valence-corrected chi connectivity index (χ2v) is 9.13. The van der Waals surface area contributed by atoms with Gasteiger partial charge in [0.25, 0.3) is 0 Å². The number of nitrogens with zero attached hydrogens (tertiary/aromatic N) is 1. The zero-order chi connectivity index (χ0) is 26.8. The van der Waals surface area contributed by atoms with Crippen LogP contribution < -0.4 is 15.5 Å². The second kappa shape index (κ2) is 13.4. The van der Waals surface area contributed by atoms with Crippen LogP contribution in [-0.4, -0.2) is 49.6 Å². The molecule has 2 N–H and O–H groups in total. The summed E-state index contributed by atoms with van der Waals surface area (Å²) in [5.41, 5.74) is 2.51. The Labute approximate surface area is 217 Å². The highest BCUT2D eigenvalue weighted by atomic mass is 16.5. The zero-order valence-electron chi connectivity index (χ0n) is 21.6. The van der Waals surface area contributed by atoms with E-state index in [0.29, 0.717) is 18.5 Å². The number of carbonyl (C=O) groups is 4. The van der Waals surface area contributed by atoms with Crippen molar-refractivity contribution in [2.45, 2.75) is 46.3 Å². The van der Waals surface area contributed by atoms with E-state index in [1.807, 2.05) is 54.6 Å². The predicted octanol–water partition coefficient (Wildman–Crippen LogP) is 3.21. The average molecular weight is 510 g/mol. The maximum Gasteiger partial charge on any atom is 0.407 e. The van der Waals surface area contributed by atoms with Gasteiger partial charge in [-0.1, -0.05) is 62.4 Å². The maximum atomic E-state index is 13.4. The Morgan fingerprint density at radius 1 is 0.919 bits per heavy atom. The number of benzene rings is 2. The van der Waals surface area contributed by atoms with Gasteiger partial charge < -0.3 is 20.1 Å². The molecule has 0 radical (unpaired) electrons. The number of hydrogen-bond acceptors (Lipinski definition) is 6. The Balaban J connectivity index is 1.45. The van der Waals surface area contributed by atoms with Crippen LogP contribution in [0.5, 0.6) is 0 Å². The fourth-order valence-electron chi connectivity index (χ4n) is 4.36. The highest BCUT2D eigenvalue weighted by molar-refractivity contribution is 6.03. The van der Waals surface area contributed by atoms with Crippen LogP contribution in [0.1, 0.15) is 38.3 Å². The van der Waals surface area contributed by atoms with E-state index in [0.717, 1.165) is 11.1 Å². The molecule has 1 aliphatic rings. The van der Waals surface area contributed by atoms with E-state index in [1.54, 1.807) is 20.8 Å². The molecule has 0 aromatic heterocycles. The number of hydrogen-bond donors (Lipinski definition) is 2. The van der Waals surface area contributed by atoms with Crippen LogP contribution in [0.15, 0.2) is 54.6 Å². The number of nitrogens with one attached hydrogen (secondary N) is 2. The fraction of sp³-hybridized carbons (Fsp3) is 0.429. The summed E-state index contributed by atoms with van der Waals surface area (Å²) >= 11 is 0. The smallest absolute Gasteiger partial charge is 0.407 e. The number of rotatable bonds is 11. The number of esters is 1. The molecule has 0 aliphatic carbocycles. The molecule has 0 saturated heterocycles. The third-order valence-electron chi connectivity index (χ3n) is 6.25. The summed E-state index contributed by atoms with van der Waals surface area (Å²) in [6, 6.07) is 16.1. The van der Waals surface area contributed by atoms with Gasteiger partial charge in [0.05, 0.1) is 6.61 Å². The van der Waals surface area contributed by atoms with Crippen LogP contribution in [0.3, 0.4) is 0 Å². The fourth-order valence-corrected chi connectivity index (χ4v) is 4.36. The van der Waals surface area contributed by atoms with Crippen LogP contribution in [0, 0.1) is 11.8 Å². The number of alkyl carbamates (subject to hydrolysis) is 1. The quantitative estimate of drug-likeness (QED) is 0.355. The van der Waals surface area contributed by atoms with Crippen molar-refractivity contribution in [3.05, 3.63) is 65.7 Å². The molecule has 0 fully saturated rings. The highest BCUT2D eigenvalue weighted by Crippen LogP contribution is 2.34. The van der Waals surface area contributed by atoms with Crippen LogP contribution >= 0.6 is 0 Å². The molecule has 2 aromatic carbocycles. The van der Waals surface area contributed by atoms with Crippen molar-refractivity contribution >= 4 is 29.6 Å². The van der Waals surface area contributed by atoms with Gasteiger partial charge in [0.1, 0.15) is 12.6 Å². The van der Waals surface area contributed by atoms with E-state index in [-0.39, 0.29) is 38.1 Å². The van der Waals surface area contributed by atoms with Crippen molar-refractivity contribution in [2.75, 3.05) is 24.6 Å². The molecular weight excluding hydrogens is 474 g/mol. The molecule has 3 amide bonds. The summed E-state index contributed by atoms with van der Waals surface area (Å²) in [6.45, 7) is 6.10. The number of ether oxygens (including phenoxy) is 2. The van der Waals surface area contributed by atoms with Gasteiger partial charge in [0, 0.05) is 37.0 Å². The van der Waals surface area contributed by atoms with Gasteiger partial charge >= 0.3 is 12.1 Å². The molecule has 3 rings (SSSR count). The molecule has 0 bridgehead atoms. The molecule has 198 valence electrons. The van der Waals surface area contributed by atoms with Crippen molar-refractivity contribution in [1.82, 2.24) is 10.6 Å². The lowest BCUT2D eigenvalue weighted by atomic mass is 9.95. The molecule has 2 aromatic rings. The molecule has 37 heavy (non-hydrogen) atoms. The third kappa shape index (κ3) is 7.55. The molecule has 0 saturated carbocycles. The topological polar surface area (TPSA) is 114 Å². The molecule has 0 unspecified atom stereocenters. The SMILES string of the molecule is CCOC(=O)[C@@H]1Cc2ccccc2N1C(=O)[C@H](C)C[C@@H](C)C(=O)NCCNC(=O)OCc1ccccc1. The van der Waals surface area contributed by atoms with Crippen LogP contribution in [-0.2, 0) is 36.9 Å². The highest BCUT2D eigenvalue weighted by Gasteiger charge is 2.40. The van der Waals surface area contributed by atoms with Crippen LogP contribution in [0.2, 0.25) is 0 Å². The third-order valence-corrected chi connectivity index (χ3v) is 6.25. The predicted molar refractivity (Wildman–Crippen MR) is 139 cm³/mol. The van der Waals surface area contributed by atoms with E-state index in [9.17, 15) is 19.2 Å². The van der Waals surface area contributed by atoms with Gasteiger partial charge in [-0.2, -0.15) is 0 Å². The largest absolute Gasteiger partial charge is 0.464 e. The summed E-state index contributed by atoms with van der Waals surface area (Å²) in [6.07, 6.45) is 0.155. The van der Waals surface area contributed by atoms with Gasteiger partial charge in [0.15, 0.2) is 0 Å². The molecule has 1 aliphatic heterocycles. The summed E-state index contributed by atoms with van der Waals surface area (Å²) in [7, 11) is 0. The molecule has 1 heterocycles.